The van der Waals surface area contributed by atoms with Crippen LogP contribution in [0.5, 0.6) is 0 Å². The van der Waals surface area contributed by atoms with Gasteiger partial charge >= 0.3 is 0 Å². The minimum Gasteiger partial charge on any atom is -0.235 e. The summed E-state index contributed by atoms with van der Waals surface area (Å²) in [5, 5.41) is 0.524. The number of halogens is 4. The van der Waals surface area contributed by atoms with Crippen molar-refractivity contribution >= 4 is 77.0 Å². The highest BCUT2D eigenvalue weighted by Crippen LogP contribution is 2.31. The van der Waals surface area contributed by atoms with Crippen molar-refractivity contribution in [1.82, 2.24) is 9.97 Å². The number of hydrogen-bond donors (Lipinski definition) is 0. The Balaban J connectivity index is 2.30. The van der Waals surface area contributed by atoms with Crippen LogP contribution < -0.4 is 0 Å². The average Bonchev–Trinajstić information content (AvgIpc) is 2.41. The van der Waals surface area contributed by atoms with Gasteiger partial charge in [0, 0.05) is 21.3 Å². The first-order valence-corrected chi connectivity index (χ1v) is 7.69. The van der Waals surface area contributed by atoms with Crippen LogP contribution in [0.3, 0.4) is 0 Å². The molecule has 0 unspecified atom stereocenters. The first kappa shape index (κ1) is 14.1. The summed E-state index contributed by atoms with van der Waals surface area (Å²) < 4.78 is 1.56. The Hall–Kier alpha value is -0.820. The van der Waals surface area contributed by atoms with Gasteiger partial charge in [-0.1, -0.05) is 23.2 Å². The number of pyridine rings is 2. The minimum absolute atomic E-state index is 0.262. The molecular formula is C12H4Br2Cl2N4. The molecule has 0 aromatic carbocycles. The third-order valence-electron chi connectivity index (χ3n) is 2.52. The van der Waals surface area contributed by atoms with Crippen LogP contribution in [0.4, 0.5) is 11.6 Å². The standard InChI is InChI=1S/C12H4Br2Cl2N4/c13-5-1-7-9(15)19-12-8(2-6(14)4-18-12)10(16)20-11(7)17-3-5/h1-4H. The van der Waals surface area contributed by atoms with Gasteiger partial charge < -0.3 is 0 Å². The Kier molecular flexibility index (Phi) is 3.90. The summed E-state index contributed by atoms with van der Waals surface area (Å²) in [6.07, 6.45) is 3.25. The molecule has 3 rings (SSSR count). The van der Waals surface area contributed by atoms with Gasteiger partial charge in [0.2, 0.25) is 0 Å². The Bertz CT molecular complexity index is 709. The van der Waals surface area contributed by atoms with E-state index in [9.17, 15) is 0 Å². The molecule has 0 fully saturated rings. The van der Waals surface area contributed by atoms with Gasteiger partial charge in [-0.15, -0.1) is 0 Å². The van der Waals surface area contributed by atoms with Gasteiger partial charge in [0.25, 0.3) is 0 Å². The maximum absolute atomic E-state index is 6.24. The Morgan fingerprint density at radius 1 is 0.750 bits per heavy atom. The number of hydrogen-bond acceptors (Lipinski definition) is 4. The molecule has 4 nitrogen and oxygen atoms in total. The van der Waals surface area contributed by atoms with E-state index in [4.69, 9.17) is 23.2 Å². The molecule has 0 aliphatic carbocycles. The summed E-state index contributed by atoms with van der Waals surface area (Å²) in [7, 11) is 0. The van der Waals surface area contributed by atoms with Crippen LogP contribution in [0, 0.1) is 0 Å². The van der Waals surface area contributed by atoms with Crippen LogP contribution in [0.15, 0.2) is 43.5 Å². The summed E-state index contributed by atoms with van der Waals surface area (Å²) in [6.45, 7) is 0. The van der Waals surface area contributed by atoms with Crippen LogP contribution >= 0.6 is 55.1 Å². The Labute approximate surface area is 141 Å². The summed E-state index contributed by atoms with van der Waals surface area (Å²) >= 11 is 19.2. The quantitative estimate of drug-likeness (QED) is 0.589. The first-order chi connectivity index (χ1) is 9.54. The molecule has 2 aromatic rings. The molecule has 2 aromatic heterocycles. The molecule has 0 radical (unpaired) electrons. The van der Waals surface area contributed by atoms with Crippen LogP contribution in [0.1, 0.15) is 11.1 Å². The molecule has 3 heterocycles. The smallest absolute Gasteiger partial charge is 0.164 e. The van der Waals surface area contributed by atoms with Crippen LogP contribution in [0.2, 0.25) is 0 Å². The zero-order valence-corrected chi connectivity index (χ0v) is 14.3. The predicted molar refractivity (Wildman–Crippen MR) is 88.0 cm³/mol. The number of nitrogens with zero attached hydrogens (tertiary/aromatic N) is 4. The fraction of sp³-hybridized carbons (Fsp3) is 0. The van der Waals surface area contributed by atoms with Gasteiger partial charge in [0.1, 0.15) is 10.3 Å². The van der Waals surface area contributed by atoms with Crippen LogP contribution in [0.25, 0.3) is 0 Å². The summed E-state index contributed by atoms with van der Waals surface area (Å²) in [4.78, 5) is 17.0. The highest BCUT2D eigenvalue weighted by atomic mass is 79.9. The lowest BCUT2D eigenvalue weighted by molar-refractivity contribution is 1.22. The fourth-order valence-corrected chi connectivity index (χ4v) is 2.75. The van der Waals surface area contributed by atoms with E-state index in [1.54, 1.807) is 24.5 Å². The monoisotopic (exact) mass is 432 g/mol. The van der Waals surface area contributed by atoms with Crippen LogP contribution in [-0.2, 0) is 0 Å². The molecule has 1 aliphatic heterocycles. The topological polar surface area (TPSA) is 50.5 Å². The highest BCUT2D eigenvalue weighted by Gasteiger charge is 2.18. The zero-order chi connectivity index (χ0) is 14.3. The number of fused-ring (bicyclic) bond motifs is 2. The molecule has 0 amide bonds. The van der Waals surface area contributed by atoms with Gasteiger partial charge in [-0.2, -0.15) is 0 Å². The number of rotatable bonds is 0. The molecule has 100 valence electrons. The van der Waals surface area contributed by atoms with Crippen molar-refractivity contribution in [3.8, 4) is 0 Å². The second kappa shape index (κ2) is 5.52. The Morgan fingerprint density at radius 2 is 1.15 bits per heavy atom. The fourth-order valence-electron chi connectivity index (χ4n) is 1.65. The van der Waals surface area contributed by atoms with Crippen LogP contribution in [-0.4, -0.2) is 20.3 Å². The van der Waals surface area contributed by atoms with Crippen molar-refractivity contribution in [3.05, 3.63) is 44.6 Å². The van der Waals surface area contributed by atoms with E-state index in [1.165, 1.54) is 0 Å². The van der Waals surface area contributed by atoms with E-state index in [1.807, 2.05) is 0 Å². The normalized spacial score (nSPS) is 13.6. The lowest BCUT2D eigenvalue weighted by Crippen LogP contribution is -2.02. The molecule has 20 heavy (non-hydrogen) atoms. The second-order valence-electron chi connectivity index (χ2n) is 3.85. The molecule has 0 saturated carbocycles. The van der Waals surface area contributed by atoms with Crippen molar-refractivity contribution in [2.45, 2.75) is 0 Å². The lowest BCUT2D eigenvalue weighted by atomic mass is 10.2. The second-order valence-corrected chi connectivity index (χ2v) is 6.40. The van der Waals surface area contributed by atoms with Gasteiger partial charge in [0.15, 0.2) is 11.6 Å². The van der Waals surface area contributed by atoms with Crippen molar-refractivity contribution in [3.63, 3.8) is 0 Å². The number of aromatic nitrogens is 2. The molecule has 8 heteroatoms. The number of aliphatic imine (C=N–C) groups is 2. The maximum Gasteiger partial charge on any atom is 0.164 e. The molecule has 0 spiro atoms. The van der Waals surface area contributed by atoms with E-state index in [2.05, 4.69) is 51.8 Å². The predicted octanol–water partition coefficient (Wildman–Crippen LogP) is 4.95. The molecule has 1 aliphatic rings. The average molecular weight is 435 g/mol. The molecule has 0 bridgehead atoms. The van der Waals surface area contributed by atoms with E-state index in [-0.39, 0.29) is 10.3 Å². The van der Waals surface area contributed by atoms with Crippen molar-refractivity contribution in [1.29, 1.82) is 0 Å². The highest BCUT2D eigenvalue weighted by molar-refractivity contribution is 9.10. The summed E-state index contributed by atoms with van der Waals surface area (Å²) in [6, 6.07) is 3.57. The lowest BCUT2D eigenvalue weighted by Gasteiger charge is -2.10. The van der Waals surface area contributed by atoms with Gasteiger partial charge in [-0.05, 0) is 44.0 Å². The van der Waals surface area contributed by atoms with Gasteiger partial charge in [0.05, 0.1) is 11.1 Å². The molecular weight excluding hydrogens is 431 g/mol. The summed E-state index contributed by atoms with van der Waals surface area (Å²) in [5.41, 5.74) is 1.18. The Morgan fingerprint density at radius 3 is 1.55 bits per heavy atom. The van der Waals surface area contributed by atoms with Gasteiger partial charge in [-0.25, -0.2) is 20.0 Å². The van der Waals surface area contributed by atoms with Gasteiger partial charge in [-0.3, -0.25) is 0 Å². The zero-order valence-electron chi connectivity index (χ0n) is 9.61. The van der Waals surface area contributed by atoms with E-state index in [0.717, 1.165) is 8.95 Å². The van der Waals surface area contributed by atoms with Crippen molar-refractivity contribution < 1.29 is 0 Å². The molecule has 0 atom stereocenters. The molecule has 0 N–H and O–H groups in total. The molecule has 0 saturated heterocycles. The maximum atomic E-state index is 6.24. The third-order valence-corrected chi connectivity index (χ3v) is 3.96. The van der Waals surface area contributed by atoms with E-state index < -0.39 is 0 Å². The first-order valence-electron chi connectivity index (χ1n) is 5.35. The van der Waals surface area contributed by atoms with E-state index in [0.29, 0.717) is 22.8 Å². The minimum atomic E-state index is 0.262. The SMILES string of the molecule is ClC1=Nc2ncc(Br)cc2C(Cl)=Nc2ncc(Br)cc21. The van der Waals surface area contributed by atoms with Crippen molar-refractivity contribution in [2.75, 3.05) is 0 Å². The summed E-state index contributed by atoms with van der Waals surface area (Å²) in [5.74, 6) is 0.829. The van der Waals surface area contributed by atoms with Crippen molar-refractivity contribution in [2.24, 2.45) is 9.98 Å². The van der Waals surface area contributed by atoms with E-state index >= 15 is 0 Å². The largest absolute Gasteiger partial charge is 0.235 e. The third kappa shape index (κ3) is 2.65.